The van der Waals surface area contributed by atoms with E-state index in [9.17, 15) is 0 Å². The highest BCUT2D eigenvalue weighted by Crippen LogP contribution is 2.23. The fourth-order valence-corrected chi connectivity index (χ4v) is 1.23. The lowest BCUT2D eigenvalue weighted by Gasteiger charge is -2.05. The van der Waals surface area contributed by atoms with Gasteiger partial charge < -0.3 is 16.0 Å². The van der Waals surface area contributed by atoms with Crippen LogP contribution in [0.25, 0.3) is 0 Å². The van der Waals surface area contributed by atoms with E-state index in [0.29, 0.717) is 17.4 Å². The van der Waals surface area contributed by atoms with E-state index in [0.717, 1.165) is 5.82 Å². The van der Waals surface area contributed by atoms with Gasteiger partial charge in [-0.15, -0.1) is 0 Å². The number of nitrogens with two attached hydrogens (primary N) is 1. The zero-order valence-corrected chi connectivity index (χ0v) is 8.49. The molecule has 0 saturated carbocycles. The van der Waals surface area contributed by atoms with Crippen molar-refractivity contribution in [1.82, 2.24) is 19.9 Å². The Bertz CT molecular complexity index is 440. The number of halogens is 1. The molecule has 0 aromatic carbocycles. The summed E-state index contributed by atoms with van der Waals surface area (Å²) in [6, 6.07) is 0. The zero-order chi connectivity index (χ0) is 10.7. The number of hydrogen-bond donors (Lipinski definition) is 3. The fraction of sp³-hybridized carbons (Fsp3) is 0.125. The van der Waals surface area contributed by atoms with E-state index >= 15 is 0 Å². The van der Waals surface area contributed by atoms with Gasteiger partial charge in [-0.2, -0.15) is 0 Å². The van der Waals surface area contributed by atoms with Crippen molar-refractivity contribution in [2.24, 2.45) is 0 Å². The van der Waals surface area contributed by atoms with Crippen molar-refractivity contribution in [1.29, 1.82) is 0 Å². The standard InChI is InChI=1S/C8H9ClN6/c9-6-7(10)14-4-15-8(6)13-3-5-11-1-2-12-5/h1-2,4H,3H2,(H,11,12)(H3,10,13,14,15). The van der Waals surface area contributed by atoms with Crippen LogP contribution in [0.1, 0.15) is 5.82 Å². The number of aromatic amines is 1. The van der Waals surface area contributed by atoms with Crippen molar-refractivity contribution in [2.45, 2.75) is 6.54 Å². The molecule has 15 heavy (non-hydrogen) atoms. The normalized spacial score (nSPS) is 10.2. The molecule has 7 heteroatoms. The van der Waals surface area contributed by atoms with Gasteiger partial charge in [-0.3, -0.25) is 0 Å². The first-order chi connectivity index (χ1) is 7.27. The van der Waals surface area contributed by atoms with E-state index in [1.807, 2.05) is 0 Å². The zero-order valence-electron chi connectivity index (χ0n) is 7.74. The Hall–Kier alpha value is -1.82. The van der Waals surface area contributed by atoms with Crippen LogP contribution in [0.2, 0.25) is 5.02 Å². The monoisotopic (exact) mass is 224 g/mol. The number of rotatable bonds is 3. The smallest absolute Gasteiger partial charge is 0.150 e. The Labute approximate surface area is 90.9 Å². The first kappa shape index (κ1) is 9.72. The first-order valence-electron chi connectivity index (χ1n) is 4.25. The van der Waals surface area contributed by atoms with Gasteiger partial charge in [-0.1, -0.05) is 11.6 Å². The number of anilines is 2. The van der Waals surface area contributed by atoms with Gasteiger partial charge in [0, 0.05) is 12.4 Å². The molecule has 2 aromatic heterocycles. The number of hydrogen-bond acceptors (Lipinski definition) is 5. The van der Waals surface area contributed by atoms with Crippen molar-refractivity contribution in [3.05, 3.63) is 29.6 Å². The molecule has 78 valence electrons. The van der Waals surface area contributed by atoms with Crippen molar-refractivity contribution in [3.63, 3.8) is 0 Å². The number of aromatic nitrogens is 4. The maximum absolute atomic E-state index is 5.89. The van der Waals surface area contributed by atoms with Crippen molar-refractivity contribution in [3.8, 4) is 0 Å². The van der Waals surface area contributed by atoms with Crippen LogP contribution in [0, 0.1) is 0 Å². The molecule has 0 bridgehead atoms. The van der Waals surface area contributed by atoms with E-state index in [-0.39, 0.29) is 5.82 Å². The van der Waals surface area contributed by atoms with E-state index in [2.05, 4.69) is 25.3 Å². The lowest BCUT2D eigenvalue weighted by Crippen LogP contribution is -2.05. The average molecular weight is 225 g/mol. The van der Waals surface area contributed by atoms with Gasteiger partial charge in [0.2, 0.25) is 0 Å². The quantitative estimate of drug-likeness (QED) is 0.725. The SMILES string of the molecule is Nc1ncnc(NCc2ncc[nH]2)c1Cl. The molecule has 2 rings (SSSR count). The summed E-state index contributed by atoms with van der Waals surface area (Å²) in [5, 5.41) is 3.32. The Morgan fingerprint density at radius 1 is 1.40 bits per heavy atom. The van der Waals surface area contributed by atoms with Crippen LogP contribution in [0.4, 0.5) is 11.6 Å². The molecule has 0 aliphatic carbocycles. The van der Waals surface area contributed by atoms with Crippen LogP contribution in [0.3, 0.4) is 0 Å². The summed E-state index contributed by atoms with van der Waals surface area (Å²) in [6.07, 6.45) is 4.77. The second-order valence-corrected chi connectivity index (χ2v) is 3.19. The molecular formula is C8H9ClN6. The van der Waals surface area contributed by atoms with Gasteiger partial charge in [0.05, 0.1) is 6.54 Å². The van der Waals surface area contributed by atoms with Crippen LogP contribution >= 0.6 is 11.6 Å². The van der Waals surface area contributed by atoms with Gasteiger partial charge in [0.1, 0.15) is 23.0 Å². The van der Waals surface area contributed by atoms with Gasteiger partial charge in [-0.05, 0) is 0 Å². The molecule has 0 aliphatic rings. The fourth-order valence-electron chi connectivity index (χ4n) is 1.07. The minimum absolute atomic E-state index is 0.258. The molecule has 0 atom stereocenters. The van der Waals surface area contributed by atoms with Gasteiger partial charge in [-0.25, -0.2) is 15.0 Å². The van der Waals surface area contributed by atoms with E-state index in [1.54, 1.807) is 12.4 Å². The van der Waals surface area contributed by atoms with Gasteiger partial charge in [0.15, 0.2) is 5.82 Å². The second kappa shape index (κ2) is 4.14. The van der Waals surface area contributed by atoms with Crippen molar-refractivity contribution in [2.75, 3.05) is 11.1 Å². The van der Waals surface area contributed by atoms with E-state index in [1.165, 1.54) is 6.33 Å². The van der Waals surface area contributed by atoms with E-state index < -0.39 is 0 Å². The summed E-state index contributed by atoms with van der Waals surface area (Å²) in [7, 11) is 0. The lowest BCUT2D eigenvalue weighted by molar-refractivity contribution is 0.983. The Morgan fingerprint density at radius 2 is 2.27 bits per heavy atom. The minimum Gasteiger partial charge on any atom is -0.382 e. The van der Waals surface area contributed by atoms with Crippen LogP contribution < -0.4 is 11.1 Å². The van der Waals surface area contributed by atoms with Crippen LogP contribution in [0.15, 0.2) is 18.7 Å². The maximum Gasteiger partial charge on any atom is 0.150 e. The highest BCUT2D eigenvalue weighted by atomic mass is 35.5. The predicted octanol–water partition coefficient (Wildman–Crippen LogP) is 1.05. The van der Waals surface area contributed by atoms with Crippen molar-refractivity contribution < 1.29 is 0 Å². The molecule has 0 unspecified atom stereocenters. The lowest BCUT2D eigenvalue weighted by atomic mass is 10.5. The van der Waals surface area contributed by atoms with Crippen LogP contribution in [0.5, 0.6) is 0 Å². The molecule has 6 nitrogen and oxygen atoms in total. The van der Waals surface area contributed by atoms with Crippen LogP contribution in [-0.4, -0.2) is 19.9 Å². The molecule has 2 aromatic rings. The number of nitrogens with zero attached hydrogens (tertiary/aromatic N) is 3. The summed E-state index contributed by atoms with van der Waals surface area (Å²) in [5.41, 5.74) is 5.52. The molecule has 0 saturated heterocycles. The third kappa shape index (κ3) is 2.16. The number of imidazole rings is 1. The third-order valence-electron chi connectivity index (χ3n) is 1.79. The number of H-pyrrole nitrogens is 1. The molecule has 0 amide bonds. The molecule has 4 N–H and O–H groups in total. The first-order valence-corrected chi connectivity index (χ1v) is 4.63. The Kier molecular flexibility index (Phi) is 2.68. The predicted molar refractivity (Wildman–Crippen MR) is 57.4 cm³/mol. The van der Waals surface area contributed by atoms with Gasteiger partial charge in [0.25, 0.3) is 0 Å². The largest absolute Gasteiger partial charge is 0.382 e. The summed E-state index contributed by atoms with van der Waals surface area (Å²) < 4.78 is 0. The number of nitrogen functional groups attached to an aromatic ring is 1. The molecule has 2 heterocycles. The number of nitrogens with one attached hydrogen (secondary N) is 2. The highest BCUT2D eigenvalue weighted by Gasteiger charge is 2.05. The molecule has 0 fully saturated rings. The van der Waals surface area contributed by atoms with Crippen LogP contribution in [-0.2, 0) is 6.54 Å². The maximum atomic E-state index is 5.89. The molecule has 0 spiro atoms. The average Bonchev–Trinajstić information content (AvgIpc) is 2.73. The summed E-state index contributed by atoms with van der Waals surface area (Å²) in [6.45, 7) is 0.503. The second-order valence-electron chi connectivity index (χ2n) is 2.81. The molecule has 0 radical (unpaired) electrons. The topological polar surface area (TPSA) is 92.5 Å². The van der Waals surface area contributed by atoms with Gasteiger partial charge >= 0.3 is 0 Å². The molecule has 0 aliphatic heterocycles. The summed E-state index contributed by atoms with van der Waals surface area (Å²) in [5.74, 6) is 1.55. The van der Waals surface area contributed by atoms with E-state index in [4.69, 9.17) is 17.3 Å². The highest BCUT2D eigenvalue weighted by molar-refractivity contribution is 6.35. The summed E-state index contributed by atoms with van der Waals surface area (Å²) in [4.78, 5) is 14.7. The Balaban J connectivity index is 2.08. The molecular weight excluding hydrogens is 216 g/mol. The van der Waals surface area contributed by atoms with Crippen molar-refractivity contribution >= 4 is 23.2 Å². The summed E-state index contributed by atoms with van der Waals surface area (Å²) >= 11 is 5.89. The third-order valence-corrected chi connectivity index (χ3v) is 2.17. The minimum atomic E-state index is 0.258. The Morgan fingerprint density at radius 3 is 3.00 bits per heavy atom.